The highest BCUT2D eigenvalue weighted by Gasteiger charge is 2.13. The fourth-order valence-electron chi connectivity index (χ4n) is 1.73. The van der Waals surface area contributed by atoms with Crippen LogP contribution in [0.3, 0.4) is 0 Å². The number of hydrogen-bond acceptors (Lipinski definition) is 2. The average molecular weight is 275 g/mol. The van der Waals surface area contributed by atoms with Crippen molar-refractivity contribution in [3.05, 3.63) is 58.9 Å². The summed E-state index contributed by atoms with van der Waals surface area (Å²) >= 11 is 4.86. The second kappa shape index (κ2) is 5.36. The van der Waals surface area contributed by atoms with E-state index in [1.54, 1.807) is 12.1 Å². The highest BCUT2D eigenvalue weighted by atomic mass is 32.1. The van der Waals surface area contributed by atoms with Gasteiger partial charge in [0.05, 0.1) is 5.56 Å². The zero-order chi connectivity index (χ0) is 14.0. The first-order valence-electron chi connectivity index (χ1n) is 5.82. The second-order valence-corrected chi connectivity index (χ2v) is 4.77. The predicted octanol–water partition coefficient (Wildman–Crippen LogP) is 3.87. The van der Waals surface area contributed by atoms with Gasteiger partial charge in [0.1, 0.15) is 22.3 Å². The van der Waals surface area contributed by atoms with Crippen LogP contribution < -0.4 is 10.5 Å². The van der Waals surface area contributed by atoms with Gasteiger partial charge in [-0.3, -0.25) is 0 Å². The first kappa shape index (κ1) is 13.5. The number of thiocarbonyl (C=S) groups is 1. The third-order valence-electron chi connectivity index (χ3n) is 2.93. The molecule has 0 aromatic heterocycles. The van der Waals surface area contributed by atoms with E-state index in [-0.39, 0.29) is 10.6 Å². The zero-order valence-corrected chi connectivity index (χ0v) is 11.6. The molecular weight excluding hydrogens is 261 g/mol. The van der Waals surface area contributed by atoms with Crippen LogP contribution in [0.15, 0.2) is 36.4 Å². The third kappa shape index (κ3) is 2.90. The fraction of sp³-hybridized carbons (Fsp3) is 0.133. The number of benzene rings is 2. The molecule has 0 amide bonds. The summed E-state index contributed by atoms with van der Waals surface area (Å²) in [5.74, 6) is 0.482. The Balaban J connectivity index is 2.40. The molecule has 0 radical (unpaired) electrons. The van der Waals surface area contributed by atoms with Crippen LogP contribution in [0.4, 0.5) is 4.39 Å². The lowest BCUT2D eigenvalue weighted by molar-refractivity contribution is 0.475. The largest absolute Gasteiger partial charge is 0.457 e. The summed E-state index contributed by atoms with van der Waals surface area (Å²) in [6.07, 6.45) is 0. The molecule has 0 aliphatic carbocycles. The summed E-state index contributed by atoms with van der Waals surface area (Å²) in [5, 5.41) is 0. The molecule has 0 atom stereocenters. The minimum Gasteiger partial charge on any atom is -0.457 e. The van der Waals surface area contributed by atoms with E-state index in [9.17, 15) is 4.39 Å². The molecule has 19 heavy (non-hydrogen) atoms. The van der Waals surface area contributed by atoms with Crippen molar-refractivity contribution < 1.29 is 9.13 Å². The van der Waals surface area contributed by atoms with Gasteiger partial charge in [0.15, 0.2) is 0 Å². The van der Waals surface area contributed by atoms with Crippen LogP contribution in [0.1, 0.15) is 16.7 Å². The third-order valence-corrected chi connectivity index (χ3v) is 3.13. The maximum atomic E-state index is 13.7. The summed E-state index contributed by atoms with van der Waals surface area (Å²) < 4.78 is 19.4. The molecule has 2 aromatic carbocycles. The molecule has 0 unspecified atom stereocenters. The Kier molecular flexibility index (Phi) is 3.81. The average Bonchev–Trinajstić information content (AvgIpc) is 2.33. The van der Waals surface area contributed by atoms with Crippen LogP contribution in [-0.4, -0.2) is 4.99 Å². The minimum absolute atomic E-state index is 0.0167. The molecule has 0 aliphatic heterocycles. The number of halogens is 1. The summed E-state index contributed by atoms with van der Waals surface area (Å²) in [5.41, 5.74) is 7.94. The van der Waals surface area contributed by atoms with E-state index in [0.717, 1.165) is 5.56 Å². The monoisotopic (exact) mass is 275 g/mol. The first-order chi connectivity index (χ1) is 8.99. The van der Waals surface area contributed by atoms with Gasteiger partial charge >= 0.3 is 0 Å². The molecule has 0 heterocycles. The van der Waals surface area contributed by atoms with Crippen LogP contribution in [0, 0.1) is 19.7 Å². The van der Waals surface area contributed by atoms with Gasteiger partial charge in [0, 0.05) is 0 Å². The highest BCUT2D eigenvalue weighted by Crippen LogP contribution is 2.28. The van der Waals surface area contributed by atoms with E-state index < -0.39 is 5.82 Å². The Labute approximate surface area is 117 Å². The van der Waals surface area contributed by atoms with Crippen molar-refractivity contribution in [2.45, 2.75) is 13.8 Å². The number of ether oxygens (including phenoxy) is 1. The number of hydrogen-bond donors (Lipinski definition) is 1. The highest BCUT2D eigenvalue weighted by molar-refractivity contribution is 7.80. The molecule has 98 valence electrons. The Morgan fingerprint density at radius 2 is 1.89 bits per heavy atom. The van der Waals surface area contributed by atoms with Crippen LogP contribution in [-0.2, 0) is 0 Å². The number of aryl methyl sites for hydroxylation is 2. The Hall–Kier alpha value is -1.94. The van der Waals surface area contributed by atoms with Crippen molar-refractivity contribution in [1.82, 2.24) is 0 Å². The van der Waals surface area contributed by atoms with E-state index in [2.05, 4.69) is 0 Å². The van der Waals surface area contributed by atoms with Crippen molar-refractivity contribution in [2.24, 2.45) is 5.73 Å². The van der Waals surface area contributed by atoms with Crippen LogP contribution in [0.25, 0.3) is 0 Å². The minimum atomic E-state index is -0.478. The lowest BCUT2D eigenvalue weighted by Crippen LogP contribution is -2.13. The van der Waals surface area contributed by atoms with Gasteiger partial charge in [-0.05, 0) is 49.2 Å². The zero-order valence-electron chi connectivity index (χ0n) is 10.7. The second-order valence-electron chi connectivity index (χ2n) is 4.33. The van der Waals surface area contributed by atoms with Gasteiger partial charge in [-0.15, -0.1) is 0 Å². The fourth-order valence-corrected chi connectivity index (χ4v) is 1.93. The number of rotatable bonds is 3. The van der Waals surface area contributed by atoms with Gasteiger partial charge < -0.3 is 10.5 Å². The summed E-state index contributed by atoms with van der Waals surface area (Å²) in [4.78, 5) is -0.0167. The topological polar surface area (TPSA) is 35.2 Å². The lowest BCUT2D eigenvalue weighted by atomic mass is 10.1. The summed E-state index contributed by atoms with van der Waals surface area (Å²) in [7, 11) is 0. The predicted molar refractivity (Wildman–Crippen MR) is 78.3 cm³/mol. The first-order valence-corrected chi connectivity index (χ1v) is 6.23. The van der Waals surface area contributed by atoms with E-state index >= 15 is 0 Å². The lowest BCUT2D eigenvalue weighted by Gasteiger charge is -2.12. The standard InChI is InChI=1S/C15H14FNOS/c1-9-6-7-11(8-10(9)2)18-13-5-3-4-12(16)14(13)15(17)19/h3-8H,1-2H3,(H2,17,19). The molecule has 2 aromatic rings. The normalized spacial score (nSPS) is 10.3. The van der Waals surface area contributed by atoms with Crippen LogP contribution in [0.2, 0.25) is 0 Å². The van der Waals surface area contributed by atoms with Gasteiger partial charge in [-0.25, -0.2) is 4.39 Å². The summed E-state index contributed by atoms with van der Waals surface area (Å²) in [6, 6.07) is 10.2. The molecule has 0 saturated heterocycles. The Bertz CT molecular complexity index is 640. The molecule has 4 heteroatoms. The smallest absolute Gasteiger partial charge is 0.140 e. The Morgan fingerprint density at radius 3 is 2.53 bits per heavy atom. The molecule has 0 fully saturated rings. The quantitative estimate of drug-likeness (QED) is 0.864. The van der Waals surface area contributed by atoms with E-state index in [1.165, 1.54) is 11.6 Å². The van der Waals surface area contributed by atoms with Gasteiger partial charge in [0.2, 0.25) is 0 Å². The van der Waals surface area contributed by atoms with Crippen LogP contribution >= 0.6 is 12.2 Å². The molecule has 0 bridgehead atoms. The summed E-state index contributed by atoms with van der Waals surface area (Å²) in [6.45, 7) is 4.00. The van der Waals surface area contributed by atoms with E-state index in [1.807, 2.05) is 32.0 Å². The molecule has 0 aliphatic rings. The van der Waals surface area contributed by atoms with Gasteiger partial charge in [-0.1, -0.05) is 24.4 Å². The van der Waals surface area contributed by atoms with Crippen molar-refractivity contribution >= 4 is 17.2 Å². The van der Waals surface area contributed by atoms with E-state index in [0.29, 0.717) is 11.5 Å². The molecule has 2 N–H and O–H groups in total. The van der Waals surface area contributed by atoms with E-state index in [4.69, 9.17) is 22.7 Å². The molecule has 2 rings (SSSR count). The maximum absolute atomic E-state index is 13.7. The van der Waals surface area contributed by atoms with Gasteiger partial charge in [-0.2, -0.15) is 0 Å². The van der Waals surface area contributed by atoms with Crippen molar-refractivity contribution in [3.8, 4) is 11.5 Å². The Morgan fingerprint density at radius 1 is 1.16 bits per heavy atom. The maximum Gasteiger partial charge on any atom is 0.140 e. The van der Waals surface area contributed by atoms with Crippen molar-refractivity contribution in [1.29, 1.82) is 0 Å². The molecule has 0 saturated carbocycles. The molecule has 2 nitrogen and oxygen atoms in total. The van der Waals surface area contributed by atoms with Gasteiger partial charge in [0.25, 0.3) is 0 Å². The van der Waals surface area contributed by atoms with Crippen molar-refractivity contribution in [2.75, 3.05) is 0 Å². The SMILES string of the molecule is Cc1ccc(Oc2cccc(F)c2C(N)=S)cc1C. The molecular formula is C15H14FNOS. The molecule has 0 spiro atoms. The van der Waals surface area contributed by atoms with Crippen molar-refractivity contribution in [3.63, 3.8) is 0 Å². The number of nitrogens with two attached hydrogens (primary N) is 1. The van der Waals surface area contributed by atoms with Crippen LogP contribution in [0.5, 0.6) is 11.5 Å².